The van der Waals surface area contributed by atoms with Crippen molar-refractivity contribution in [1.29, 1.82) is 0 Å². The highest BCUT2D eigenvalue weighted by atomic mass is 32.2. The van der Waals surface area contributed by atoms with Crippen LogP contribution in [0, 0.1) is 13.8 Å². The van der Waals surface area contributed by atoms with Gasteiger partial charge in [0.15, 0.2) is 0 Å². The Labute approximate surface area is 156 Å². The number of carbonyl (C=O) groups is 1. The average Bonchev–Trinajstić information content (AvgIpc) is 3.25. The number of benzene rings is 1. The van der Waals surface area contributed by atoms with Crippen LogP contribution in [0.5, 0.6) is 0 Å². The van der Waals surface area contributed by atoms with Crippen molar-refractivity contribution in [2.45, 2.75) is 44.7 Å². The lowest BCUT2D eigenvalue weighted by molar-refractivity contribution is -0.113. The molecule has 1 aromatic heterocycles. The summed E-state index contributed by atoms with van der Waals surface area (Å²) < 4.78 is 1.31. The van der Waals surface area contributed by atoms with Gasteiger partial charge in [0.25, 0.3) is 5.95 Å². The number of thioether (sulfide) groups is 1. The Balaban J connectivity index is 1.53. The molecule has 8 nitrogen and oxygen atoms in total. The molecule has 0 bridgehead atoms. The second-order valence-corrected chi connectivity index (χ2v) is 7.25. The topological polar surface area (TPSA) is 110 Å². The molecule has 0 saturated heterocycles. The summed E-state index contributed by atoms with van der Waals surface area (Å²) in [4.78, 5) is 12.1. The molecule has 0 spiro atoms. The van der Waals surface area contributed by atoms with Crippen LogP contribution in [0.25, 0.3) is 0 Å². The fourth-order valence-corrected chi connectivity index (χ4v) is 3.28. The van der Waals surface area contributed by atoms with Crippen LogP contribution in [-0.4, -0.2) is 32.2 Å². The van der Waals surface area contributed by atoms with Crippen LogP contribution >= 0.6 is 11.8 Å². The van der Waals surface area contributed by atoms with Crippen molar-refractivity contribution in [2.24, 2.45) is 5.10 Å². The smallest absolute Gasteiger partial charge is 0.264 e. The number of rotatable bonds is 6. The SMILES string of the molecule is Cc1ccc(NC(=O)CSc2nnc(NN=C3CCCC3)n2N)cc1C. The third-order valence-electron chi connectivity index (χ3n) is 4.28. The lowest BCUT2D eigenvalue weighted by Gasteiger charge is -2.07. The van der Waals surface area contributed by atoms with Gasteiger partial charge in [-0.3, -0.25) is 4.79 Å². The Kier molecular flexibility index (Phi) is 5.77. The highest BCUT2D eigenvalue weighted by Gasteiger charge is 2.13. The molecule has 1 fully saturated rings. The molecule has 1 saturated carbocycles. The Morgan fingerprint density at radius 2 is 2.04 bits per heavy atom. The summed E-state index contributed by atoms with van der Waals surface area (Å²) >= 11 is 1.22. The maximum Gasteiger partial charge on any atom is 0.264 e. The first-order chi connectivity index (χ1) is 12.5. The molecule has 0 unspecified atom stereocenters. The predicted octanol–water partition coefficient (Wildman–Crippen LogP) is 2.68. The van der Waals surface area contributed by atoms with Gasteiger partial charge in [-0.05, 0) is 62.8 Å². The van der Waals surface area contributed by atoms with Crippen LogP contribution in [0.4, 0.5) is 11.6 Å². The summed E-state index contributed by atoms with van der Waals surface area (Å²) in [5.74, 6) is 6.40. The Bertz CT molecular complexity index is 823. The largest absolute Gasteiger partial charge is 0.334 e. The van der Waals surface area contributed by atoms with Gasteiger partial charge in [0, 0.05) is 11.4 Å². The quantitative estimate of drug-likeness (QED) is 0.408. The highest BCUT2D eigenvalue weighted by Crippen LogP contribution is 2.19. The summed E-state index contributed by atoms with van der Waals surface area (Å²) in [6.07, 6.45) is 4.36. The normalized spacial score (nSPS) is 13.7. The summed E-state index contributed by atoms with van der Waals surface area (Å²) in [6, 6.07) is 5.83. The zero-order valence-corrected chi connectivity index (χ0v) is 15.8. The van der Waals surface area contributed by atoms with Gasteiger partial charge in [-0.2, -0.15) is 5.10 Å². The van der Waals surface area contributed by atoms with Gasteiger partial charge in [-0.25, -0.2) is 10.1 Å². The number of aromatic nitrogens is 3. The molecule has 1 aliphatic carbocycles. The molecular formula is C17H23N7OS. The fourth-order valence-electron chi connectivity index (χ4n) is 2.62. The molecule has 1 amide bonds. The van der Waals surface area contributed by atoms with E-state index in [9.17, 15) is 4.79 Å². The molecule has 0 aliphatic heterocycles. The van der Waals surface area contributed by atoms with E-state index < -0.39 is 0 Å². The van der Waals surface area contributed by atoms with Crippen molar-refractivity contribution in [3.63, 3.8) is 0 Å². The fraction of sp³-hybridized carbons (Fsp3) is 0.412. The van der Waals surface area contributed by atoms with Gasteiger partial charge in [-0.15, -0.1) is 10.2 Å². The Morgan fingerprint density at radius 1 is 1.27 bits per heavy atom. The minimum Gasteiger partial charge on any atom is -0.334 e. The van der Waals surface area contributed by atoms with Crippen molar-refractivity contribution in [3.05, 3.63) is 29.3 Å². The molecular weight excluding hydrogens is 350 g/mol. The van der Waals surface area contributed by atoms with Crippen molar-refractivity contribution >= 4 is 35.0 Å². The van der Waals surface area contributed by atoms with Gasteiger partial charge in [0.1, 0.15) is 0 Å². The van der Waals surface area contributed by atoms with Gasteiger partial charge < -0.3 is 11.2 Å². The molecule has 1 aliphatic rings. The number of anilines is 2. The van der Waals surface area contributed by atoms with E-state index in [0.29, 0.717) is 11.1 Å². The number of hydrogen-bond acceptors (Lipinski definition) is 7. The monoisotopic (exact) mass is 373 g/mol. The van der Waals surface area contributed by atoms with Crippen LogP contribution in [0.1, 0.15) is 36.8 Å². The predicted molar refractivity (Wildman–Crippen MR) is 105 cm³/mol. The van der Waals surface area contributed by atoms with E-state index in [1.54, 1.807) is 0 Å². The number of amides is 1. The number of aryl methyl sites for hydroxylation is 2. The van der Waals surface area contributed by atoms with Crippen LogP contribution in [0.3, 0.4) is 0 Å². The molecule has 1 heterocycles. The first-order valence-corrected chi connectivity index (χ1v) is 9.53. The van der Waals surface area contributed by atoms with Gasteiger partial charge in [0.05, 0.1) is 5.75 Å². The van der Waals surface area contributed by atoms with Crippen LogP contribution in [0.15, 0.2) is 28.5 Å². The minimum atomic E-state index is -0.123. The molecule has 4 N–H and O–H groups in total. The average molecular weight is 373 g/mol. The van der Waals surface area contributed by atoms with Crippen LogP contribution in [-0.2, 0) is 4.79 Å². The zero-order valence-electron chi connectivity index (χ0n) is 15.0. The first kappa shape index (κ1) is 18.2. The number of nitrogens with two attached hydrogens (primary N) is 1. The summed E-state index contributed by atoms with van der Waals surface area (Å²) in [5.41, 5.74) is 7.08. The molecule has 0 atom stereocenters. The second kappa shape index (κ2) is 8.22. The van der Waals surface area contributed by atoms with E-state index >= 15 is 0 Å². The standard InChI is InChI=1S/C17H23N7OS/c1-11-7-8-14(9-12(11)2)19-15(25)10-26-17-23-22-16(24(17)18)21-20-13-5-3-4-6-13/h7-9H,3-6,10,18H2,1-2H3,(H,19,25)(H,21,22). The lowest BCUT2D eigenvalue weighted by Crippen LogP contribution is -2.17. The van der Waals surface area contributed by atoms with Crippen molar-refractivity contribution in [2.75, 3.05) is 22.3 Å². The maximum absolute atomic E-state index is 12.1. The van der Waals surface area contributed by atoms with E-state index in [0.717, 1.165) is 29.8 Å². The lowest BCUT2D eigenvalue weighted by atomic mass is 10.1. The van der Waals surface area contributed by atoms with Crippen molar-refractivity contribution in [1.82, 2.24) is 14.9 Å². The van der Waals surface area contributed by atoms with E-state index in [4.69, 9.17) is 5.84 Å². The number of carbonyl (C=O) groups excluding carboxylic acids is 1. The number of nitrogens with zero attached hydrogens (tertiary/aromatic N) is 4. The van der Waals surface area contributed by atoms with E-state index in [2.05, 4.69) is 26.0 Å². The summed E-state index contributed by atoms with van der Waals surface area (Å²) in [5, 5.41) is 15.6. The molecule has 3 rings (SSSR count). The molecule has 138 valence electrons. The Morgan fingerprint density at radius 3 is 2.77 bits per heavy atom. The first-order valence-electron chi connectivity index (χ1n) is 8.55. The third-order valence-corrected chi connectivity index (χ3v) is 5.23. The van der Waals surface area contributed by atoms with Crippen LogP contribution in [0.2, 0.25) is 0 Å². The number of nitrogen functional groups attached to an aromatic ring is 1. The number of nitrogens with one attached hydrogen (secondary N) is 2. The van der Waals surface area contributed by atoms with Gasteiger partial charge in [-0.1, -0.05) is 17.8 Å². The Hall–Kier alpha value is -2.55. The summed E-state index contributed by atoms with van der Waals surface area (Å²) in [7, 11) is 0. The zero-order chi connectivity index (χ0) is 18.5. The molecule has 0 radical (unpaired) electrons. The molecule has 26 heavy (non-hydrogen) atoms. The highest BCUT2D eigenvalue weighted by molar-refractivity contribution is 7.99. The number of hydrazone groups is 1. The van der Waals surface area contributed by atoms with E-state index in [1.807, 2.05) is 32.0 Å². The second-order valence-electron chi connectivity index (χ2n) is 6.31. The molecule has 9 heteroatoms. The van der Waals surface area contributed by atoms with E-state index in [1.165, 1.54) is 34.8 Å². The van der Waals surface area contributed by atoms with Gasteiger partial charge in [0.2, 0.25) is 11.1 Å². The maximum atomic E-state index is 12.1. The number of hydrogen-bond donors (Lipinski definition) is 3. The molecule has 2 aromatic rings. The van der Waals surface area contributed by atoms with Crippen LogP contribution < -0.4 is 16.6 Å². The van der Waals surface area contributed by atoms with E-state index in [-0.39, 0.29) is 11.7 Å². The molecule has 1 aromatic carbocycles. The third kappa shape index (κ3) is 4.54. The minimum absolute atomic E-state index is 0.123. The van der Waals surface area contributed by atoms with Crippen molar-refractivity contribution in [3.8, 4) is 0 Å². The van der Waals surface area contributed by atoms with Crippen molar-refractivity contribution < 1.29 is 4.79 Å². The summed E-state index contributed by atoms with van der Waals surface area (Å²) in [6.45, 7) is 4.05. The van der Waals surface area contributed by atoms with Gasteiger partial charge >= 0.3 is 0 Å².